The van der Waals surface area contributed by atoms with Crippen molar-refractivity contribution in [2.75, 3.05) is 26.2 Å². The summed E-state index contributed by atoms with van der Waals surface area (Å²) in [5.74, 6) is 0.317. The third kappa shape index (κ3) is 4.87. The summed E-state index contributed by atoms with van der Waals surface area (Å²) in [6.07, 6.45) is 3.90. The summed E-state index contributed by atoms with van der Waals surface area (Å²) in [5, 5.41) is 0. The number of carbonyl (C=O) groups excluding carboxylic acids is 2. The van der Waals surface area contributed by atoms with Crippen LogP contribution >= 0.6 is 0 Å². The Kier molecular flexibility index (Phi) is 5.32. The number of rotatable bonds is 4. The van der Waals surface area contributed by atoms with E-state index in [1.807, 2.05) is 30.6 Å². The van der Waals surface area contributed by atoms with Gasteiger partial charge in [0.05, 0.1) is 6.54 Å². The zero-order valence-electron chi connectivity index (χ0n) is 14.0. The van der Waals surface area contributed by atoms with E-state index in [4.69, 9.17) is 10.5 Å². The third-order valence-corrected chi connectivity index (χ3v) is 4.12. The minimum atomic E-state index is -0.474. The molecule has 0 aromatic rings. The summed E-state index contributed by atoms with van der Waals surface area (Å²) in [5.41, 5.74) is 4.98. The molecule has 6 heteroatoms. The molecule has 1 saturated carbocycles. The van der Waals surface area contributed by atoms with E-state index in [2.05, 4.69) is 0 Å². The Labute approximate surface area is 132 Å². The number of hydrogen-bond donors (Lipinski definition) is 1. The van der Waals surface area contributed by atoms with Crippen LogP contribution < -0.4 is 5.73 Å². The second-order valence-electron chi connectivity index (χ2n) is 7.42. The molecule has 6 nitrogen and oxygen atoms in total. The monoisotopic (exact) mass is 311 g/mol. The maximum absolute atomic E-state index is 12.4. The van der Waals surface area contributed by atoms with Gasteiger partial charge in [-0.05, 0) is 52.4 Å². The largest absolute Gasteiger partial charge is 0.444 e. The van der Waals surface area contributed by atoms with Gasteiger partial charge in [-0.25, -0.2) is 4.79 Å². The maximum atomic E-state index is 12.4. The molecule has 0 spiro atoms. The molecule has 0 bridgehead atoms. The highest BCUT2D eigenvalue weighted by atomic mass is 16.6. The van der Waals surface area contributed by atoms with Crippen LogP contribution in [0.15, 0.2) is 0 Å². The van der Waals surface area contributed by atoms with Crippen molar-refractivity contribution >= 4 is 12.0 Å². The highest BCUT2D eigenvalue weighted by Gasteiger charge is 2.37. The second kappa shape index (κ2) is 6.86. The fraction of sp³-hybridized carbons (Fsp3) is 0.875. The zero-order chi connectivity index (χ0) is 16.3. The van der Waals surface area contributed by atoms with Crippen molar-refractivity contribution in [1.29, 1.82) is 0 Å². The molecular weight excluding hydrogens is 282 g/mol. The van der Waals surface area contributed by atoms with Crippen LogP contribution in [-0.2, 0) is 9.53 Å². The number of nitrogens with two attached hydrogens (primary N) is 1. The highest BCUT2D eigenvalue weighted by molar-refractivity contribution is 5.78. The van der Waals surface area contributed by atoms with E-state index in [1.54, 1.807) is 0 Å². The summed E-state index contributed by atoms with van der Waals surface area (Å²) >= 11 is 0. The second-order valence-corrected chi connectivity index (χ2v) is 7.42. The maximum Gasteiger partial charge on any atom is 0.410 e. The van der Waals surface area contributed by atoms with Gasteiger partial charge in [-0.2, -0.15) is 0 Å². The number of carbonyl (C=O) groups is 2. The van der Waals surface area contributed by atoms with Crippen LogP contribution in [0.25, 0.3) is 0 Å². The summed E-state index contributed by atoms with van der Waals surface area (Å²) in [7, 11) is 0. The predicted octanol–water partition coefficient (Wildman–Crippen LogP) is 1.58. The first-order valence-electron chi connectivity index (χ1n) is 8.27. The number of amides is 2. The average molecular weight is 311 g/mol. The van der Waals surface area contributed by atoms with E-state index in [9.17, 15) is 9.59 Å². The molecule has 0 radical (unpaired) electrons. The summed E-state index contributed by atoms with van der Waals surface area (Å²) in [6.45, 7) is 7.87. The van der Waals surface area contributed by atoms with Gasteiger partial charge in [0.2, 0.25) is 5.91 Å². The molecule has 1 aliphatic heterocycles. The molecule has 22 heavy (non-hydrogen) atoms. The average Bonchev–Trinajstić information content (AvgIpc) is 3.26. The van der Waals surface area contributed by atoms with Gasteiger partial charge in [0, 0.05) is 25.7 Å². The molecule has 1 atom stereocenters. The molecule has 126 valence electrons. The van der Waals surface area contributed by atoms with Crippen molar-refractivity contribution in [3.8, 4) is 0 Å². The van der Waals surface area contributed by atoms with E-state index in [1.165, 1.54) is 0 Å². The van der Waals surface area contributed by atoms with Crippen molar-refractivity contribution in [1.82, 2.24) is 9.80 Å². The number of ether oxygens (including phenoxy) is 1. The van der Waals surface area contributed by atoms with Gasteiger partial charge in [0.25, 0.3) is 0 Å². The van der Waals surface area contributed by atoms with Crippen molar-refractivity contribution in [2.24, 2.45) is 11.7 Å². The molecule has 2 amide bonds. The Morgan fingerprint density at radius 3 is 2.50 bits per heavy atom. The van der Waals surface area contributed by atoms with Gasteiger partial charge < -0.3 is 20.3 Å². The topological polar surface area (TPSA) is 75.9 Å². The van der Waals surface area contributed by atoms with Crippen LogP contribution in [0.1, 0.15) is 46.5 Å². The first kappa shape index (κ1) is 17.1. The Morgan fingerprint density at radius 1 is 1.27 bits per heavy atom. The van der Waals surface area contributed by atoms with E-state index in [-0.39, 0.29) is 18.5 Å². The van der Waals surface area contributed by atoms with Gasteiger partial charge >= 0.3 is 6.09 Å². The van der Waals surface area contributed by atoms with Crippen molar-refractivity contribution in [3.63, 3.8) is 0 Å². The molecule has 2 fully saturated rings. The molecule has 1 heterocycles. The van der Waals surface area contributed by atoms with Crippen LogP contribution in [0, 0.1) is 5.92 Å². The van der Waals surface area contributed by atoms with Crippen LogP contribution in [0.4, 0.5) is 4.79 Å². The van der Waals surface area contributed by atoms with E-state index < -0.39 is 5.60 Å². The fourth-order valence-electron chi connectivity index (χ4n) is 2.93. The summed E-state index contributed by atoms with van der Waals surface area (Å²) in [6, 6.07) is 0.315. The molecule has 2 N–H and O–H groups in total. The Hall–Kier alpha value is -1.30. The van der Waals surface area contributed by atoms with Crippen LogP contribution in [-0.4, -0.2) is 59.6 Å². The minimum absolute atomic E-state index is 0.0000556. The first-order valence-corrected chi connectivity index (χ1v) is 8.27. The summed E-state index contributed by atoms with van der Waals surface area (Å²) < 4.78 is 5.52. The quantitative estimate of drug-likeness (QED) is 0.855. The van der Waals surface area contributed by atoms with Gasteiger partial charge in [-0.15, -0.1) is 0 Å². The Bertz CT molecular complexity index is 415. The lowest BCUT2D eigenvalue weighted by molar-refractivity contribution is -0.131. The first-order chi connectivity index (χ1) is 10.3. The van der Waals surface area contributed by atoms with Gasteiger partial charge in [0.15, 0.2) is 0 Å². The minimum Gasteiger partial charge on any atom is -0.444 e. The van der Waals surface area contributed by atoms with Crippen LogP contribution in [0.5, 0.6) is 0 Å². The lowest BCUT2D eigenvalue weighted by Crippen LogP contribution is -2.48. The Morgan fingerprint density at radius 2 is 1.95 bits per heavy atom. The van der Waals surface area contributed by atoms with Gasteiger partial charge in [-0.1, -0.05) is 0 Å². The molecule has 1 aliphatic carbocycles. The van der Waals surface area contributed by atoms with Crippen LogP contribution in [0.2, 0.25) is 0 Å². The van der Waals surface area contributed by atoms with Crippen molar-refractivity contribution in [3.05, 3.63) is 0 Å². The highest BCUT2D eigenvalue weighted by Crippen LogP contribution is 2.30. The lowest BCUT2D eigenvalue weighted by Gasteiger charge is -2.36. The fourth-order valence-corrected chi connectivity index (χ4v) is 2.93. The smallest absolute Gasteiger partial charge is 0.410 e. The molecule has 1 saturated heterocycles. The SMILES string of the molecule is CC(C)(C)OC(=O)N(C[C@H]1CCCN(C(=O)CN)C1)C1CC1. The number of piperidine rings is 1. The van der Waals surface area contributed by atoms with E-state index >= 15 is 0 Å². The van der Waals surface area contributed by atoms with Crippen molar-refractivity contribution in [2.45, 2.75) is 58.1 Å². The van der Waals surface area contributed by atoms with Crippen LogP contribution in [0.3, 0.4) is 0 Å². The molecule has 0 unspecified atom stereocenters. The number of nitrogens with zero attached hydrogens (tertiary/aromatic N) is 2. The summed E-state index contributed by atoms with van der Waals surface area (Å²) in [4.78, 5) is 27.8. The molecule has 0 aromatic carbocycles. The standard InChI is InChI=1S/C16H29N3O3/c1-16(2,3)22-15(21)19(13-6-7-13)11-12-5-4-8-18(10-12)14(20)9-17/h12-13H,4-11,17H2,1-3H3/t12-/m0/s1. The third-order valence-electron chi connectivity index (χ3n) is 4.12. The molecule has 2 aliphatic rings. The number of likely N-dealkylation sites (tertiary alicyclic amines) is 1. The number of hydrogen-bond acceptors (Lipinski definition) is 4. The lowest BCUT2D eigenvalue weighted by atomic mass is 9.97. The van der Waals surface area contributed by atoms with Gasteiger partial charge in [0.1, 0.15) is 5.60 Å². The molecular formula is C16H29N3O3. The molecule has 0 aromatic heterocycles. The van der Waals surface area contributed by atoms with Gasteiger partial charge in [-0.3, -0.25) is 4.79 Å². The van der Waals surface area contributed by atoms with E-state index in [0.29, 0.717) is 25.0 Å². The van der Waals surface area contributed by atoms with Crippen molar-refractivity contribution < 1.29 is 14.3 Å². The molecule has 2 rings (SSSR count). The normalized spacial score (nSPS) is 22.4. The Balaban J connectivity index is 1.93. The zero-order valence-corrected chi connectivity index (χ0v) is 14.0. The predicted molar refractivity (Wildman–Crippen MR) is 84.3 cm³/mol. The van der Waals surface area contributed by atoms with E-state index in [0.717, 1.165) is 32.2 Å².